The predicted molar refractivity (Wildman–Crippen MR) is 38.1 cm³/mol. The minimum Gasteiger partial charge on any atom is -0.478 e. The van der Waals surface area contributed by atoms with E-state index < -0.39 is 5.97 Å². The number of aromatic carboxylic acids is 1. The lowest BCUT2D eigenvalue weighted by atomic mass is 10.2. The summed E-state index contributed by atoms with van der Waals surface area (Å²) >= 11 is 0. The zero-order valence-electron chi connectivity index (χ0n) is 5.66. The number of aryl methyl sites for hydroxylation is 1. The number of hydrogen-bond acceptors (Lipinski definition) is 1. The quantitative estimate of drug-likeness (QED) is 0.598. The number of benzene rings is 1. The Bertz CT molecular complexity index is 253. The third-order valence-corrected chi connectivity index (χ3v) is 1.38. The Kier molecular flexibility index (Phi) is 1.71. The van der Waals surface area contributed by atoms with Crippen molar-refractivity contribution in [2.45, 2.75) is 6.92 Å². The highest BCUT2D eigenvalue weighted by molar-refractivity contribution is 5.89. The van der Waals surface area contributed by atoms with Gasteiger partial charge in [-0.2, -0.15) is 0 Å². The van der Waals surface area contributed by atoms with Crippen molar-refractivity contribution >= 4 is 5.97 Å². The second-order valence-electron chi connectivity index (χ2n) is 2.12. The van der Waals surface area contributed by atoms with Gasteiger partial charge in [-0.25, -0.2) is 4.79 Å². The SMILES string of the molecule is Cc1ccccc1[13C](=O)O. The van der Waals surface area contributed by atoms with Gasteiger partial charge >= 0.3 is 5.97 Å². The van der Waals surface area contributed by atoms with Crippen molar-refractivity contribution in [1.82, 2.24) is 0 Å². The van der Waals surface area contributed by atoms with Crippen LogP contribution < -0.4 is 0 Å². The van der Waals surface area contributed by atoms with Gasteiger partial charge in [0.15, 0.2) is 0 Å². The minimum atomic E-state index is -0.863. The summed E-state index contributed by atoms with van der Waals surface area (Å²) in [5, 5.41) is 8.57. The lowest BCUT2D eigenvalue weighted by Gasteiger charge is -1.96. The van der Waals surface area contributed by atoms with E-state index in [0.717, 1.165) is 5.56 Å². The first-order valence-corrected chi connectivity index (χ1v) is 3.01. The number of hydrogen-bond donors (Lipinski definition) is 1. The van der Waals surface area contributed by atoms with E-state index in [1.165, 1.54) is 0 Å². The van der Waals surface area contributed by atoms with Crippen LogP contribution in [0.1, 0.15) is 15.9 Å². The molecule has 0 unspecified atom stereocenters. The number of carbonyl (C=O) groups is 1. The first-order chi connectivity index (χ1) is 4.72. The summed E-state index contributed by atoms with van der Waals surface area (Å²) in [7, 11) is 0. The van der Waals surface area contributed by atoms with Crippen LogP contribution in [0.4, 0.5) is 0 Å². The van der Waals surface area contributed by atoms with Crippen molar-refractivity contribution in [3.8, 4) is 0 Å². The topological polar surface area (TPSA) is 37.3 Å². The molecule has 52 valence electrons. The molecule has 1 N–H and O–H groups in total. The van der Waals surface area contributed by atoms with Crippen molar-refractivity contribution in [3.63, 3.8) is 0 Å². The van der Waals surface area contributed by atoms with Gasteiger partial charge in [0, 0.05) is 0 Å². The van der Waals surface area contributed by atoms with Gasteiger partial charge in [0.1, 0.15) is 0 Å². The molecule has 2 nitrogen and oxygen atoms in total. The Hall–Kier alpha value is -1.31. The first-order valence-electron chi connectivity index (χ1n) is 3.01. The van der Waals surface area contributed by atoms with Crippen molar-refractivity contribution in [3.05, 3.63) is 35.4 Å². The molecular formula is C8H8O2. The zero-order valence-corrected chi connectivity index (χ0v) is 5.66. The molecule has 0 amide bonds. The third-order valence-electron chi connectivity index (χ3n) is 1.38. The molecule has 0 saturated heterocycles. The summed E-state index contributed by atoms with van der Waals surface area (Å²) in [6.45, 7) is 1.78. The van der Waals surface area contributed by atoms with E-state index in [1.807, 2.05) is 6.07 Å². The minimum absolute atomic E-state index is 0.377. The molecule has 0 heterocycles. The Labute approximate surface area is 59.1 Å². The number of carboxylic acids is 1. The van der Waals surface area contributed by atoms with Crippen molar-refractivity contribution in [1.29, 1.82) is 0 Å². The Morgan fingerprint density at radius 1 is 1.40 bits per heavy atom. The first kappa shape index (κ1) is 6.81. The molecule has 0 aliphatic carbocycles. The second kappa shape index (κ2) is 2.52. The monoisotopic (exact) mass is 137 g/mol. The van der Waals surface area contributed by atoms with Crippen LogP contribution in [0, 0.1) is 6.92 Å². The molecule has 1 aromatic carbocycles. The van der Waals surface area contributed by atoms with Gasteiger partial charge in [0.2, 0.25) is 0 Å². The maximum Gasteiger partial charge on any atom is 0.335 e. The van der Waals surface area contributed by atoms with Gasteiger partial charge in [-0.05, 0) is 18.6 Å². The highest BCUT2D eigenvalue weighted by Gasteiger charge is 2.02. The van der Waals surface area contributed by atoms with E-state index in [9.17, 15) is 4.79 Å². The fourth-order valence-electron chi connectivity index (χ4n) is 0.813. The van der Waals surface area contributed by atoms with Gasteiger partial charge in [-0.1, -0.05) is 18.2 Å². The molecule has 0 saturated carbocycles. The lowest BCUT2D eigenvalue weighted by Crippen LogP contribution is -1.97. The Morgan fingerprint density at radius 3 is 2.40 bits per heavy atom. The largest absolute Gasteiger partial charge is 0.478 e. The molecule has 0 atom stereocenters. The third kappa shape index (κ3) is 1.16. The Balaban J connectivity index is 3.15. The van der Waals surface area contributed by atoms with Crippen LogP contribution >= 0.6 is 0 Å². The molecule has 1 rings (SSSR count). The molecule has 0 radical (unpaired) electrons. The summed E-state index contributed by atoms with van der Waals surface area (Å²) in [5.41, 5.74) is 1.18. The fourth-order valence-corrected chi connectivity index (χ4v) is 0.813. The highest BCUT2D eigenvalue weighted by Crippen LogP contribution is 2.05. The van der Waals surface area contributed by atoms with Crippen LogP contribution in [-0.2, 0) is 0 Å². The highest BCUT2D eigenvalue weighted by atomic mass is 16.5. The molecule has 0 aliphatic rings. The van der Waals surface area contributed by atoms with E-state index in [4.69, 9.17) is 5.11 Å². The number of carboxylic acid groups (broad SMARTS) is 1. The van der Waals surface area contributed by atoms with Crippen LogP contribution in [0.15, 0.2) is 24.3 Å². The zero-order chi connectivity index (χ0) is 7.56. The summed E-state index contributed by atoms with van der Waals surface area (Å²) in [4.78, 5) is 10.4. The average Bonchev–Trinajstić information content (AvgIpc) is 1.88. The molecule has 0 bridgehead atoms. The van der Waals surface area contributed by atoms with Crippen molar-refractivity contribution in [2.75, 3.05) is 0 Å². The lowest BCUT2D eigenvalue weighted by molar-refractivity contribution is 0.0696. The van der Waals surface area contributed by atoms with E-state index in [0.29, 0.717) is 5.56 Å². The predicted octanol–water partition coefficient (Wildman–Crippen LogP) is 1.69. The van der Waals surface area contributed by atoms with E-state index in [-0.39, 0.29) is 0 Å². The molecule has 0 fully saturated rings. The van der Waals surface area contributed by atoms with E-state index in [1.54, 1.807) is 25.1 Å². The molecular weight excluding hydrogens is 129 g/mol. The van der Waals surface area contributed by atoms with Gasteiger partial charge in [-0.3, -0.25) is 0 Å². The number of rotatable bonds is 1. The summed E-state index contributed by atoms with van der Waals surface area (Å²) < 4.78 is 0. The van der Waals surface area contributed by atoms with Crippen LogP contribution in [0.3, 0.4) is 0 Å². The Morgan fingerprint density at radius 2 is 2.00 bits per heavy atom. The molecule has 0 spiro atoms. The van der Waals surface area contributed by atoms with Gasteiger partial charge in [0.05, 0.1) is 5.56 Å². The van der Waals surface area contributed by atoms with Crippen LogP contribution in [-0.4, -0.2) is 11.1 Å². The average molecular weight is 137 g/mol. The second-order valence-corrected chi connectivity index (χ2v) is 2.12. The normalized spacial score (nSPS) is 9.30. The molecule has 0 aromatic heterocycles. The molecule has 1 aromatic rings. The fraction of sp³-hybridized carbons (Fsp3) is 0.125. The van der Waals surface area contributed by atoms with E-state index in [2.05, 4.69) is 0 Å². The standard InChI is InChI=1S/C8H8O2/c1-6-4-2-3-5-7(6)8(9)10/h2-5H,1H3,(H,9,10)/i8+1. The van der Waals surface area contributed by atoms with E-state index >= 15 is 0 Å². The van der Waals surface area contributed by atoms with Crippen LogP contribution in [0.5, 0.6) is 0 Å². The summed E-state index contributed by atoms with van der Waals surface area (Å²) in [6.07, 6.45) is 0. The van der Waals surface area contributed by atoms with Gasteiger partial charge < -0.3 is 5.11 Å². The van der Waals surface area contributed by atoms with Crippen molar-refractivity contribution in [2.24, 2.45) is 0 Å². The summed E-state index contributed by atoms with van der Waals surface area (Å²) in [5.74, 6) is -0.863. The van der Waals surface area contributed by atoms with Crippen molar-refractivity contribution < 1.29 is 9.90 Å². The molecule has 10 heavy (non-hydrogen) atoms. The smallest absolute Gasteiger partial charge is 0.335 e. The maximum atomic E-state index is 10.4. The maximum absolute atomic E-state index is 10.4. The van der Waals surface area contributed by atoms with Crippen LogP contribution in [0.2, 0.25) is 0 Å². The summed E-state index contributed by atoms with van der Waals surface area (Å²) in [6, 6.07) is 6.92. The van der Waals surface area contributed by atoms with Gasteiger partial charge in [-0.15, -0.1) is 0 Å². The molecule has 2 heteroatoms. The van der Waals surface area contributed by atoms with Crippen LogP contribution in [0.25, 0.3) is 0 Å². The van der Waals surface area contributed by atoms with Gasteiger partial charge in [0.25, 0.3) is 0 Å². The molecule has 0 aliphatic heterocycles.